The molecule has 0 radical (unpaired) electrons. The quantitative estimate of drug-likeness (QED) is 0.868. The number of sulfonamides is 1. The van der Waals surface area contributed by atoms with Gasteiger partial charge in [-0.1, -0.05) is 12.1 Å². The highest BCUT2D eigenvalue weighted by Crippen LogP contribution is 2.32. The summed E-state index contributed by atoms with van der Waals surface area (Å²) < 4.78 is 36.4. The Hall–Kier alpha value is -2.06. The van der Waals surface area contributed by atoms with Crippen molar-refractivity contribution in [3.05, 3.63) is 36.0 Å². The topological polar surface area (TPSA) is 84.5 Å². The van der Waals surface area contributed by atoms with E-state index in [4.69, 9.17) is 9.47 Å². The van der Waals surface area contributed by atoms with Crippen molar-refractivity contribution in [1.29, 1.82) is 0 Å². The summed E-state index contributed by atoms with van der Waals surface area (Å²) >= 11 is 0. The van der Waals surface area contributed by atoms with Crippen LogP contribution in [0.25, 0.3) is 0 Å². The van der Waals surface area contributed by atoms with Crippen LogP contribution in [0, 0.1) is 0 Å². The number of aromatic nitrogens is 2. The molecular formula is C13H17N3O4S. The number of nitrogens with one attached hydrogen (secondary N) is 1. The highest BCUT2D eigenvalue weighted by atomic mass is 32.2. The molecule has 2 rings (SSSR count). The van der Waals surface area contributed by atoms with Crippen molar-refractivity contribution < 1.29 is 17.9 Å². The van der Waals surface area contributed by atoms with Crippen LogP contribution in [-0.2, 0) is 16.6 Å². The number of methoxy groups -OCH3 is 2. The third kappa shape index (κ3) is 3.01. The van der Waals surface area contributed by atoms with Crippen LogP contribution < -0.4 is 9.47 Å². The molecule has 7 nitrogen and oxygen atoms in total. The maximum Gasteiger partial charge on any atom is 0.260 e. The van der Waals surface area contributed by atoms with Crippen LogP contribution in [0.15, 0.2) is 35.5 Å². The van der Waals surface area contributed by atoms with Gasteiger partial charge in [-0.25, -0.2) is 8.42 Å². The van der Waals surface area contributed by atoms with Crippen molar-refractivity contribution in [3.63, 3.8) is 0 Å². The van der Waals surface area contributed by atoms with E-state index in [1.807, 2.05) is 0 Å². The second-order valence-electron chi connectivity index (χ2n) is 4.33. The first-order valence-corrected chi connectivity index (χ1v) is 7.60. The Morgan fingerprint density at radius 3 is 2.57 bits per heavy atom. The van der Waals surface area contributed by atoms with Crippen LogP contribution in [0.1, 0.15) is 5.56 Å². The Morgan fingerprint density at radius 1 is 1.24 bits per heavy atom. The molecule has 0 bridgehead atoms. The summed E-state index contributed by atoms with van der Waals surface area (Å²) in [5, 5.41) is 6.17. The summed E-state index contributed by atoms with van der Waals surface area (Å²) in [5.74, 6) is 1.08. The first-order chi connectivity index (χ1) is 10.0. The van der Waals surface area contributed by atoms with Gasteiger partial charge in [0.25, 0.3) is 10.0 Å². The Labute approximate surface area is 123 Å². The van der Waals surface area contributed by atoms with Gasteiger partial charge in [-0.2, -0.15) is 9.40 Å². The maximum atomic E-state index is 12.3. The molecule has 8 heteroatoms. The molecule has 0 aliphatic carbocycles. The zero-order valence-electron chi connectivity index (χ0n) is 12.0. The van der Waals surface area contributed by atoms with Crippen molar-refractivity contribution >= 4 is 10.0 Å². The summed E-state index contributed by atoms with van der Waals surface area (Å²) in [6.07, 6.45) is 1.40. The van der Waals surface area contributed by atoms with E-state index in [1.54, 1.807) is 18.2 Å². The van der Waals surface area contributed by atoms with Gasteiger partial charge < -0.3 is 9.47 Å². The summed E-state index contributed by atoms with van der Waals surface area (Å²) in [4.78, 5) is 0. The average molecular weight is 311 g/mol. The van der Waals surface area contributed by atoms with E-state index < -0.39 is 10.0 Å². The first-order valence-electron chi connectivity index (χ1n) is 6.16. The van der Waals surface area contributed by atoms with E-state index in [0.29, 0.717) is 17.1 Å². The van der Waals surface area contributed by atoms with Crippen LogP contribution in [0.3, 0.4) is 0 Å². The SMILES string of the molecule is COc1cccc(CN(C)S(=O)(=O)c2ccn[nH]2)c1OC. The van der Waals surface area contributed by atoms with Gasteiger partial charge in [-0.15, -0.1) is 0 Å². The predicted octanol–water partition coefficient (Wildman–Crippen LogP) is 1.25. The minimum atomic E-state index is -3.62. The fourth-order valence-corrected chi connectivity index (χ4v) is 3.00. The molecule has 0 saturated carbocycles. The summed E-state index contributed by atoms with van der Waals surface area (Å²) in [5.41, 5.74) is 0.711. The number of aromatic amines is 1. The molecule has 1 heterocycles. The zero-order valence-corrected chi connectivity index (χ0v) is 12.8. The fourth-order valence-electron chi connectivity index (χ4n) is 1.96. The highest BCUT2D eigenvalue weighted by Gasteiger charge is 2.23. The Morgan fingerprint density at radius 2 is 2.00 bits per heavy atom. The maximum absolute atomic E-state index is 12.3. The van der Waals surface area contributed by atoms with Crippen molar-refractivity contribution in [2.45, 2.75) is 11.6 Å². The molecule has 0 fully saturated rings. The standard InChI is InChI=1S/C13H17N3O4S/c1-16(21(17,18)12-7-8-14-15-12)9-10-5-4-6-11(19-2)13(10)20-3/h4-8H,9H2,1-3H3,(H,14,15). The van der Waals surface area contributed by atoms with Crippen LogP contribution in [0.5, 0.6) is 11.5 Å². The lowest BCUT2D eigenvalue weighted by atomic mass is 10.2. The summed E-state index contributed by atoms with van der Waals surface area (Å²) in [6.45, 7) is 0.154. The summed E-state index contributed by atoms with van der Waals surface area (Å²) in [7, 11) is 0.929. The van der Waals surface area contributed by atoms with Crippen molar-refractivity contribution in [1.82, 2.24) is 14.5 Å². The number of para-hydroxylation sites is 1. The van der Waals surface area contributed by atoms with Crippen LogP contribution >= 0.6 is 0 Å². The molecule has 1 N–H and O–H groups in total. The Bertz CT molecular complexity index is 698. The largest absolute Gasteiger partial charge is 0.493 e. The molecule has 0 spiro atoms. The molecule has 1 aromatic heterocycles. The number of hydrogen-bond donors (Lipinski definition) is 1. The van der Waals surface area contributed by atoms with Gasteiger partial charge in [0, 0.05) is 19.2 Å². The normalized spacial score (nSPS) is 11.6. The van der Waals surface area contributed by atoms with Crippen molar-refractivity contribution in [2.75, 3.05) is 21.3 Å². The van der Waals surface area contributed by atoms with Gasteiger partial charge in [0.15, 0.2) is 16.5 Å². The minimum absolute atomic E-state index is 0.0480. The van der Waals surface area contributed by atoms with E-state index in [0.717, 1.165) is 0 Å². The van der Waals surface area contributed by atoms with Crippen molar-refractivity contribution in [2.24, 2.45) is 0 Å². The van der Waals surface area contributed by atoms with Gasteiger partial charge in [0.05, 0.1) is 20.4 Å². The van der Waals surface area contributed by atoms with Crippen molar-refractivity contribution in [3.8, 4) is 11.5 Å². The van der Waals surface area contributed by atoms with Gasteiger partial charge in [-0.05, 0) is 12.1 Å². The second kappa shape index (κ2) is 6.15. The van der Waals surface area contributed by atoms with E-state index in [1.165, 1.54) is 37.8 Å². The monoisotopic (exact) mass is 311 g/mol. The minimum Gasteiger partial charge on any atom is -0.493 e. The van der Waals surface area contributed by atoms with Gasteiger partial charge in [-0.3, -0.25) is 5.10 Å². The molecule has 0 saturated heterocycles. The second-order valence-corrected chi connectivity index (χ2v) is 6.35. The van der Waals surface area contributed by atoms with Gasteiger partial charge >= 0.3 is 0 Å². The number of nitrogens with zero attached hydrogens (tertiary/aromatic N) is 2. The molecule has 2 aromatic rings. The van der Waals surface area contributed by atoms with E-state index >= 15 is 0 Å². The number of ether oxygens (including phenoxy) is 2. The van der Waals surface area contributed by atoms with Crippen LogP contribution in [0.2, 0.25) is 0 Å². The van der Waals surface area contributed by atoms with E-state index in [2.05, 4.69) is 10.2 Å². The van der Waals surface area contributed by atoms with Crippen LogP contribution in [0.4, 0.5) is 0 Å². The lowest BCUT2D eigenvalue weighted by molar-refractivity contribution is 0.347. The van der Waals surface area contributed by atoms with Gasteiger partial charge in [0.2, 0.25) is 0 Å². The molecular weight excluding hydrogens is 294 g/mol. The summed E-state index contributed by atoms with van der Waals surface area (Å²) in [6, 6.07) is 6.74. The fraction of sp³-hybridized carbons (Fsp3) is 0.308. The van der Waals surface area contributed by atoms with Gasteiger partial charge in [0.1, 0.15) is 0 Å². The lowest BCUT2D eigenvalue weighted by Gasteiger charge is -2.18. The molecule has 114 valence electrons. The molecule has 0 atom stereocenters. The number of benzene rings is 1. The third-order valence-electron chi connectivity index (χ3n) is 3.04. The number of H-pyrrole nitrogens is 1. The first kappa shape index (κ1) is 15.3. The zero-order chi connectivity index (χ0) is 15.5. The number of hydrogen-bond acceptors (Lipinski definition) is 5. The molecule has 0 amide bonds. The Kier molecular flexibility index (Phi) is 4.49. The smallest absolute Gasteiger partial charge is 0.260 e. The lowest BCUT2D eigenvalue weighted by Crippen LogP contribution is -2.27. The average Bonchev–Trinajstić information content (AvgIpc) is 3.01. The van der Waals surface area contributed by atoms with E-state index in [9.17, 15) is 8.42 Å². The van der Waals surface area contributed by atoms with Crippen LogP contribution in [-0.4, -0.2) is 44.2 Å². The molecule has 0 aliphatic rings. The van der Waals surface area contributed by atoms with E-state index in [-0.39, 0.29) is 11.6 Å². The third-order valence-corrected chi connectivity index (χ3v) is 4.77. The number of rotatable bonds is 6. The highest BCUT2D eigenvalue weighted by molar-refractivity contribution is 7.89. The Balaban J connectivity index is 2.30. The molecule has 0 unspecified atom stereocenters. The molecule has 1 aromatic carbocycles. The molecule has 0 aliphatic heterocycles. The molecule has 21 heavy (non-hydrogen) atoms. The predicted molar refractivity (Wildman–Crippen MR) is 76.8 cm³/mol.